The first-order chi connectivity index (χ1) is 10.2. The molecule has 0 spiro atoms. The molecular weight excluding hydrogens is 282 g/mol. The summed E-state index contributed by atoms with van der Waals surface area (Å²) in [6.07, 6.45) is 3.95. The summed E-state index contributed by atoms with van der Waals surface area (Å²) in [5, 5.41) is 0.804. The Balaban J connectivity index is 1.74. The molecule has 2 heterocycles. The molecule has 0 aliphatic carbocycles. The molecule has 3 rings (SSSR count). The summed E-state index contributed by atoms with van der Waals surface area (Å²) < 4.78 is 0. The summed E-state index contributed by atoms with van der Waals surface area (Å²) in [4.78, 5) is 5.13. The Labute approximate surface area is 133 Å². The molecule has 116 valence electrons. The van der Waals surface area contributed by atoms with Crippen LogP contribution < -0.4 is 5.73 Å². The molecule has 3 nitrogen and oxygen atoms in total. The predicted molar refractivity (Wildman–Crippen MR) is 88.6 cm³/mol. The van der Waals surface area contributed by atoms with Crippen molar-refractivity contribution in [2.75, 3.05) is 33.2 Å². The van der Waals surface area contributed by atoms with Crippen LogP contribution in [0.4, 0.5) is 0 Å². The Kier molecular flexibility index (Phi) is 4.85. The topological polar surface area (TPSA) is 32.5 Å². The van der Waals surface area contributed by atoms with Crippen molar-refractivity contribution in [3.05, 3.63) is 34.9 Å². The standard InChI is InChI=1S/C17H26ClN3/c1-20-8-3-5-14-12-21(9-7-16(14)20)17(11-19)13-4-2-6-15(18)10-13/h2,4,6,10,14,16-17H,3,5,7-9,11-12,19H2,1H3. The largest absolute Gasteiger partial charge is 0.329 e. The number of likely N-dealkylation sites (tertiary alicyclic amines) is 2. The van der Waals surface area contributed by atoms with Crippen LogP contribution in [0.15, 0.2) is 24.3 Å². The van der Waals surface area contributed by atoms with E-state index in [9.17, 15) is 0 Å². The van der Waals surface area contributed by atoms with Gasteiger partial charge in [0.2, 0.25) is 0 Å². The second-order valence-corrected chi connectivity index (χ2v) is 6.98. The van der Waals surface area contributed by atoms with Crippen LogP contribution in [0.25, 0.3) is 0 Å². The van der Waals surface area contributed by atoms with Crippen LogP contribution in [0.3, 0.4) is 0 Å². The highest BCUT2D eigenvalue weighted by Gasteiger charge is 2.36. The smallest absolute Gasteiger partial charge is 0.0471 e. The highest BCUT2D eigenvalue weighted by Crippen LogP contribution is 2.33. The van der Waals surface area contributed by atoms with Gasteiger partial charge in [0.25, 0.3) is 0 Å². The molecule has 2 aliphatic rings. The summed E-state index contributed by atoms with van der Waals surface area (Å²) in [6, 6.07) is 9.26. The first-order valence-electron chi connectivity index (χ1n) is 8.09. The number of piperidine rings is 2. The molecule has 0 aromatic heterocycles. The number of halogens is 1. The van der Waals surface area contributed by atoms with E-state index in [4.69, 9.17) is 17.3 Å². The van der Waals surface area contributed by atoms with Gasteiger partial charge < -0.3 is 10.6 Å². The van der Waals surface area contributed by atoms with Crippen molar-refractivity contribution in [2.45, 2.75) is 31.3 Å². The molecule has 0 radical (unpaired) electrons. The highest BCUT2D eigenvalue weighted by atomic mass is 35.5. The molecule has 0 amide bonds. The Morgan fingerprint density at radius 3 is 2.95 bits per heavy atom. The summed E-state index contributed by atoms with van der Waals surface area (Å²) in [7, 11) is 2.28. The summed E-state index contributed by atoms with van der Waals surface area (Å²) in [5.74, 6) is 0.797. The van der Waals surface area contributed by atoms with Gasteiger partial charge in [-0.3, -0.25) is 4.90 Å². The van der Waals surface area contributed by atoms with Crippen molar-refractivity contribution in [1.82, 2.24) is 9.80 Å². The van der Waals surface area contributed by atoms with Crippen molar-refractivity contribution in [3.63, 3.8) is 0 Å². The van der Waals surface area contributed by atoms with E-state index in [1.165, 1.54) is 37.9 Å². The Bertz CT molecular complexity index is 479. The third-order valence-corrected chi connectivity index (χ3v) is 5.51. The van der Waals surface area contributed by atoms with Crippen molar-refractivity contribution >= 4 is 11.6 Å². The molecular formula is C17H26ClN3. The minimum absolute atomic E-state index is 0.303. The second-order valence-electron chi connectivity index (χ2n) is 6.54. The van der Waals surface area contributed by atoms with Gasteiger partial charge in [-0.2, -0.15) is 0 Å². The van der Waals surface area contributed by atoms with Crippen LogP contribution in [-0.4, -0.2) is 49.1 Å². The average Bonchev–Trinajstić information content (AvgIpc) is 2.48. The van der Waals surface area contributed by atoms with E-state index < -0.39 is 0 Å². The molecule has 2 saturated heterocycles. The fraction of sp³-hybridized carbons (Fsp3) is 0.647. The van der Waals surface area contributed by atoms with E-state index >= 15 is 0 Å². The number of fused-ring (bicyclic) bond motifs is 1. The molecule has 2 fully saturated rings. The zero-order chi connectivity index (χ0) is 14.8. The normalized spacial score (nSPS) is 29.1. The quantitative estimate of drug-likeness (QED) is 0.932. The van der Waals surface area contributed by atoms with Crippen LogP contribution in [0.5, 0.6) is 0 Å². The van der Waals surface area contributed by atoms with E-state index in [1.807, 2.05) is 12.1 Å². The molecule has 21 heavy (non-hydrogen) atoms. The molecule has 0 saturated carbocycles. The molecule has 4 heteroatoms. The van der Waals surface area contributed by atoms with Crippen LogP contribution in [0.1, 0.15) is 30.9 Å². The fourth-order valence-electron chi connectivity index (χ4n) is 4.17. The van der Waals surface area contributed by atoms with Gasteiger partial charge in [0.15, 0.2) is 0 Å². The van der Waals surface area contributed by atoms with Crippen LogP contribution in [0.2, 0.25) is 5.02 Å². The van der Waals surface area contributed by atoms with Gasteiger partial charge in [0, 0.05) is 36.7 Å². The predicted octanol–water partition coefficient (Wildman–Crippen LogP) is 2.76. The number of hydrogen-bond acceptors (Lipinski definition) is 3. The maximum Gasteiger partial charge on any atom is 0.0471 e. The Morgan fingerprint density at radius 1 is 1.33 bits per heavy atom. The molecule has 3 atom stereocenters. The zero-order valence-electron chi connectivity index (χ0n) is 12.8. The summed E-state index contributed by atoms with van der Waals surface area (Å²) in [5.41, 5.74) is 7.34. The van der Waals surface area contributed by atoms with Gasteiger partial charge in [-0.15, -0.1) is 0 Å². The number of hydrogen-bond donors (Lipinski definition) is 1. The van der Waals surface area contributed by atoms with Crippen LogP contribution in [0, 0.1) is 5.92 Å². The third kappa shape index (κ3) is 3.26. The van der Waals surface area contributed by atoms with Gasteiger partial charge in [0.1, 0.15) is 0 Å². The first-order valence-corrected chi connectivity index (χ1v) is 8.46. The lowest BCUT2D eigenvalue weighted by atomic mass is 9.83. The lowest BCUT2D eigenvalue weighted by Gasteiger charge is -2.48. The van der Waals surface area contributed by atoms with E-state index in [2.05, 4.69) is 29.0 Å². The lowest BCUT2D eigenvalue weighted by Crippen LogP contribution is -2.53. The average molecular weight is 308 g/mol. The van der Waals surface area contributed by atoms with E-state index in [0.29, 0.717) is 12.6 Å². The van der Waals surface area contributed by atoms with E-state index in [-0.39, 0.29) is 0 Å². The second kappa shape index (κ2) is 6.66. The number of nitrogens with zero attached hydrogens (tertiary/aromatic N) is 2. The molecule has 2 N–H and O–H groups in total. The van der Waals surface area contributed by atoms with Gasteiger partial charge in [0.05, 0.1) is 0 Å². The van der Waals surface area contributed by atoms with E-state index in [0.717, 1.165) is 23.5 Å². The Hall–Kier alpha value is -0.610. The fourth-order valence-corrected chi connectivity index (χ4v) is 4.37. The molecule has 3 unspecified atom stereocenters. The number of rotatable bonds is 3. The van der Waals surface area contributed by atoms with Crippen molar-refractivity contribution in [2.24, 2.45) is 11.7 Å². The van der Waals surface area contributed by atoms with Crippen LogP contribution in [-0.2, 0) is 0 Å². The van der Waals surface area contributed by atoms with Crippen molar-refractivity contribution < 1.29 is 0 Å². The zero-order valence-corrected chi connectivity index (χ0v) is 13.6. The maximum absolute atomic E-state index is 6.15. The molecule has 2 aliphatic heterocycles. The van der Waals surface area contributed by atoms with Gasteiger partial charge >= 0.3 is 0 Å². The summed E-state index contributed by atoms with van der Waals surface area (Å²) >= 11 is 6.15. The third-order valence-electron chi connectivity index (χ3n) is 5.27. The minimum Gasteiger partial charge on any atom is -0.329 e. The number of benzene rings is 1. The van der Waals surface area contributed by atoms with Crippen molar-refractivity contribution in [1.29, 1.82) is 0 Å². The minimum atomic E-state index is 0.303. The molecule has 1 aromatic rings. The lowest BCUT2D eigenvalue weighted by molar-refractivity contribution is 0.0211. The Morgan fingerprint density at radius 2 is 2.19 bits per heavy atom. The number of nitrogens with two attached hydrogens (primary N) is 1. The van der Waals surface area contributed by atoms with Gasteiger partial charge in [-0.1, -0.05) is 23.7 Å². The molecule has 0 bridgehead atoms. The molecule has 1 aromatic carbocycles. The van der Waals surface area contributed by atoms with E-state index in [1.54, 1.807) is 0 Å². The monoisotopic (exact) mass is 307 g/mol. The van der Waals surface area contributed by atoms with Crippen molar-refractivity contribution in [3.8, 4) is 0 Å². The van der Waals surface area contributed by atoms with Gasteiger partial charge in [-0.05, 0) is 56.5 Å². The SMILES string of the molecule is CN1CCCC2CN(C(CN)c3cccc(Cl)c3)CCC21. The summed E-state index contributed by atoms with van der Waals surface area (Å²) in [6.45, 7) is 4.23. The van der Waals surface area contributed by atoms with Crippen LogP contribution >= 0.6 is 11.6 Å². The first kappa shape index (κ1) is 15.3. The van der Waals surface area contributed by atoms with Gasteiger partial charge in [-0.25, -0.2) is 0 Å². The maximum atomic E-state index is 6.15. The highest BCUT2D eigenvalue weighted by molar-refractivity contribution is 6.30.